The predicted octanol–water partition coefficient (Wildman–Crippen LogP) is 1.38. The van der Waals surface area contributed by atoms with Crippen LogP contribution in [0.3, 0.4) is 0 Å². The molecular weight excluding hydrogens is 270 g/mol. The zero-order chi connectivity index (χ0) is 13.8. The molecule has 0 radical (unpaired) electrons. The van der Waals surface area contributed by atoms with Crippen LogP contribution >= 0.6 is 11.8 Å². The molecule has 0 saturated carbocycles. The van der Waals surface area contributed by atoms with Crippen LogP contribution in [0, 0.1) is 0 Å². The number of hydrogen-bond donors (Lipinski definition) is 4. The van der Waals surface area contributed by atoms with E-state index in [9.17, 15) is 0 Å². The Kier molecular flexibility index (Phi) is 4.93. The van der Waals surface area contributed by atoms with Crippen LogP contribution in [0.15, 0.2) is 29.2 Å². The first-order valence-corrected chi connectivity index (χ1v) is 8.50. The molecule has 0 amide bonds. The van der Waals surface area contributed by atoms with Gasteiger partial charge >= 0.3 is 0 Å². The number of nitrogens with one attached hydrogen (secondary N) is 4. The van der Waals surface area contributed by atoms with Crippen LogP contribution in [-0.4, -0.2) is 30.5 Å². The van der Waals surface area contributed by atoms with Crippen LogP contribution in [0.1, 0.15) is 31.0 Å². The van der Waals surface area contributed by atoms with Gasteiger partial charge in [0.05, 0.1) is 0 Å². The summed E-state index contributed by atoms with van der Waals surface area (Å²) in [5.74, 6) is 0. The number of nitrogens with zero attached hydrogens (tertiary/aromatic N) is 1. The number of thioether (sulfide) groups is 1. The van der Waals surface area contributed by atoms with Crippen molar-refractivity contribution in [1.82, 2.24) is 26.8 Å². The maximum atomic E-state index is 3.56. The van der Waals surface area contributed by atoms with E-state index in [2.05, 4.69) is 57.3 Å². The monoisotopic (exact) mass is 293 g/mol. The van der Waals surface area contributed by atoms with Crippen LogP contribution < -0.4 is 21.7 Å². The molecule has 2 unspecified atom stereocenters. The molecule has 2 aliphatic rings. The normalized spacial score (nSPS) is 27.9. The molecule has 4 N–H and O–H groups in total. The van der Waals surface area contributed by atoms with Crippen LogP contribution in [0.5, 0.6) is 0 Å². The highest BCUT2D eigenvalue weighted by molar-refractivity contribution is 7.98. The largest absolute Gasteiger partial charge is 0.313 e. The molecule has 20 heavy (non-hydrogen) atoms. The van der Waals surface area contributed by atoms with Crippen molar-refractivity contribution in [3.63, 3.8) is 0 Å². The van der Waals surface area contributed by atoms with E-state index < -0.39 is 0 Å². The van der Waals surface area contributed by atoms with Gasteiger partial charge in [0, 0.05) is 17.5 Å². The van der Waals surface area contributed by atoms with E-state index in [-0.39, 0.29) is 6.17 Å². The summed E-state index contributed by atoms with van der Waals surface area (Å²) in [7, 11) is 0. The number of hydrogen-bond acceptors (Lipinski definition) is 6. The summed E-state index contributed by atoms with van der Waals surface area (Å²) in [6, 6.07) is 9.23. The van der Waals surface area contributed by atoms with Gasteiger partial charge in [0.25, 0.3) is 0 Å². The van der Waals surface area contributed by atoms with Gasteiger partial charge in [-0.1, -0.05) is 18.6 Å². The quantitative estimate of drug-likeness (QED) is 0.629. The maximum absolute atomic E-state index is 3.56. The fourth-order valence-electron chi connectivity index (χ4n) is 2.72. The van der Waals surface area contributed by atoms with Crippen LogP contribution in [-0.2, 0) is 0 Å². The van der Waals surface area contributed by atoms with E-state index in [0.29, 0.717) is 6.04 Å². The zero-order valence-electron chi connectivity index (χ0n) is 11.9. The zero-order valence-corrected chi connectivity index (χ0v) is 12.7. The Morgan fingerprint density at radius 2 is 2.10 bits per heavy atom. The van der Waals surface area contributed by atoms with Crippen molar-refractivity contribution < 1.29 is 0 Å². The molecule has 0 aromatic heterocycles. The van der Waals surface area contributed by atoms with Gasteiger partial charge in [0.1, 0.15) is 6.17 Å². The minimum absolute atomic E-state index is 0.134. The lowest BCUT2D eigenvalue weighted by atomic mass is 10.1. The molecule has 0 spiro atoms. The van der Waals surface area contributed by atoms with Gasteiger partial charge in [-0.25, -0.2) is 10.9 Å². The molecule has 3 rings (SSSR count). The standard InChI is InChI=1S/C14H23N5S/c1-20-13-7-5-11(6-8-13)14-16-18-19(17-14)10-12-4-2-3-9-15-12/h5-8,12,14-18H,2-4,9-10H2,1H3. The summed E-state index contributed by atoms with van der Waals surface area (Å²) in [5.41, 5.74) is 11.2. The molecule has 0 bridgehead atoms. The third kappa shape index (κ3) is 3.52. The van der Waals surface area contributed by atoms with Crippen LogP contribution in [0.2, 0.25) is 0 Å². The van der Waals surface area contributed by atoms with Gasteiger partial charge in [-0.3, -0.25) is 0 Å². The first kappa shape index (κ1) is 14.3. The molecule has 1 aromatic carbocycles. The first-order valence-electron chi connectivity index (χ1n) is 7.27. The van der Waals surface area contributed by atoms with E-state index in [1.165, 1.54) is 29.7 Å². The maximum Gasteiger partial charge on any atom is 0.112 e. The van der Waals surface area contributed by atoms with Crippen molar-refractivity contribution in [3.05, 3.63) is 29.8 Å². The van der Waals surface area contributed by atoms with E-state index in [0.717, 1.165) is 13.1 Å². The van der Waals surface area contributed by atoms with Crippen molar-refractivity contribution in [2.45, 2.75) is 36.4 Å². The summed E-state index contributed by atoms with van der Waals surface area (Å²) in [5, 5.41) is 5.62. The molecule has 110 valence electrons. The SMILES string of the molecule is CSc1ccc(C2NNN(CC3CCCCN3)N2)cc1. The fourth-order valence-corrected chi connectivity index (χ4v) is 3.12. The second-order valence-electron chi connectivity index (χ2n) is 5.35. The molecule has 2 fully saturated rings. The van der Waals surface area contributed by atoms with E-state index in [1.807, 2.05) is 0 Å². The third-order valence-corrected chi connectivity index (χ3v) is 4.64. The summed E-state index contributed by atoms with van der Waals surface area (Å²) in [6.07, 6.45) is 6.13. The fraction of sp³-hybridized carbons (Fsp3) is 0.571. The Morgan fingerprint density at radius 3 is 2.80 bits per heavy atom. The second kappa shape index (κ2) is 6.89. The van der Waals surface area contributed by atoms with Crippen molar-refractivity contribution in [2.24, 2.45) is 0 Å². The van der Waals surface area contributed by atoms with Gasteiger partial charge in [-0.2, -0.15) is 10.7 Å². The average Bonchev–Trinajstić information content (AvgIpc) is 2.97. The van der Waals surface area contributed by atoms with Crippen LogP contribution in [0.4, 0.5) is 0 Å². The van der Waals surface area contributed by atoms with Gasteiger partial charge in [0.2, 0.25) is 0 Å². The lowest BCUT2D eigenvalue weighted by Gasteiger charge is -2.27. The Labute approximate surface area is 124 Å². The second-order valence-corrected chi connectivity index (χ2v) is 6.23. The Morgan fingerprint density at radius 1 is 1.25 bits per heavy atom. The molecule has 6 heteroatoms. The van der Waals surface area contributed by atoms with Crippen molar-refractivity contribution in [3.8, 4) is 0 Å². The summed E-state index contributed by atoms with van der Waals surface area (Å²) >= 11 is 1.77. The molecular formula is C14H23N5S. The molecule has 2 atom stereocenters. The molecule has 0 aliphatic carbocycles. The van der Waals surface area contributed by atoms with Gasteiger partial charge in [0.15, 0.2) is 0 Å². The smallest absolute Gasteiger partial charge is 0.112 e. The lowest BCUT2D eigenvalue weighted by Crippen LogP contribution is -2.50. The van der Waals surface area contributed by atoms with Crippen molar-refractivity contribution in [1.29, 1.82) is 0 Å². The molecule has 1 aromatic rings. The van der Waals surface area contributed by atoms with Crippen LogP contribution in [0.25, 0.3) is 0 Å². The Hall–Kier alpha value is -0.630. The predicted molar refractivity (Wildman–Crippen MR) is 82.7 cm³/mol. The third-order valence-electron chi connectivity index (χ3n) is 3.89. The Balaban J connectivity index is 1.52. The highest BCUT2D eigenvalue weighted by atomic mass is 32.2. The van der Waals surface area contributed by atoms with E-state index in [1.54, 1.807) is 11.8 Å². The minimum atomic E-state index is 0.134. The van der Waals surface area contributed by atoms with Crippen molar-refractivity contribution in [2.75, 3.05) is 19.3 Å². The van der Waals surface area contributed by atoms with E-state index in [4.69, 9.17) is 0 Å². The lowest BCUT2D eigenvalue weighted by molar-refractivity contribution is 0.136. The highest BCUT2D eigenvalue weighted by Crippen LogP contribution is 2.19. The van der Waals surface area contributed by atoms with Gasteiger partial charge in [-0.15, -0.1) is 11.8 Å². The van der Waals surface area contributed by atoms with Gasteiger partial charge in [-0.05, 0) is 43.3 Å². The van der Waals surface area contributed by atoms with E-state index >= 15 is 0 Å². The minimum Gasteiger partial charge on any atom is -0.313 e. The Bertz CT molecular complexity index is 418. The number of rotatable bonds is 4. The summed E-state index contributed by atoms with van der Waals surface area (Å²) in [4.78, 5) is 1.29. The molecule has 2 saturated heterocycles. The molecule has 2 aliphatic heterocycles. The number of benzene rings is 1. The number of piperidine rings is 1. The van der Waals surface area contributed by atoms with Crippen molar-refractivity contribution >= 4 is 11.8 Å². The first-order chi connectivity index (χ1) is 9.85. The van der Waals surface area contributed by atoms with Gasteiger partial charge < -0.3 is 5.32 Å². The summed E-state index contributed by atoms with van der Waals surface area (Å²) in [6.45, 7) is 2.11. The topological polar surface area (TPSA) is 51.4 Å². The highest BCUT2D eigenvalue weighted by Gasteiger charge is 2.24. The molecule has 5 nitrogen and oxygen atoms in total. The average molecular weight is 293 g/mol. The molecule has 2 heterocycles. The number of hydrazine groups is 3. The summed E-state index contributed by atoms with van der Waals surface area (Å²) < 4.78 is 0.